The lowest BCUT2D eigenvalue weighted by molar-refractivity contribution is 0.0952. The molecule has 1 amide bonds. The molecule has 2 N–H and O–H groups in total. The van der Waals surface area contributed by atoms with E-state index in [0.717, 1.165) is 36.3 Å². The standard InChI is InChI=1S/C11H18N2O/c1-4-5-6-12-11(14)10-7-8(2)13-9(10)3/h7,13H,4-6H2,1-3H3,(H,12,14). The maximum absolute atomic E-state index is 11.6. The van der Waals surface area contributed by atoms with Crippen molar-refractivity contribution in [2.24, 2.45) is 0 Å². The fourth-order valence-corrected chi connectivity index (χ4v) is 1.43. The van der Waals surface area contributed by atoms with Gasteiger partial charge in [0.2, 0.25) is 0 Å². The van der Waals surface area contributed by atoms with Gasteiger partial charge in [-0.25, -0.2) is 0 Å². The van der Waals surface area contributed by atoms with Gasteiger partial charge in [0.15, 0.2) is 0 Å². The molecule has 1 aromatic rings. The van der Waals surface area contributed by atoms with E-state index in [2.05, 4.69) is 17.2 Å². The highest BCUT2D eigenvalue weighted by Gasteiger charge is 2.09. The summed E-state index contributed by atoms with van der Waals surface area (Å²) in [5.74, 6) is 0.0281. The van der Waals surface area contributed by atoms with Crippen LogP contribution in [0.25, 0.3) is 0 Å². The molecule has 1 rings (SSSR count). The largest absolute Gasteiger partial charge is 0.362 e. The average Bonchev–Trinajstić information content (AvgIpc) is 2.45. The van der Waals surface area contributed by atoms with Crippen molar-refractivity contribution in [2.45, 2.75) is 33.6 Å². The van der Waals surface area contributed by atoms with Crippen LogP contribution < -0.4 is 5.32 Å². The summed E-state index contributed by atoms with van der Waals surface area (Å²) in [6.45, 7) is 6.74. The lowest BCUT2D eigenvalue weighted by Gasteiger charge is -2.02. The summed E-state index contributed by atoms with van der Waals surface area (Å²) in [5.41, 5.74) is 2.73. The van der Waals surface area contributed by atoms with Crippen molar-refractivity contribution in [1.29, 1.82) is 0 Å². The minimum Gasteiger partial charge on any atom is -0.362 e. The van der Waals surface area contributed by atoms with Crippen molar-refractivity contribution in [3.8, 4) is 0 Å². The molecule has 3 nitrogen and oxygen atoms in total. The van der Waals surface area contributed by atoms with E-state index in [1.807, 2.05) is 19.9 Å². The Morgan fingerprint density at radius 2 is 2.21 bits per heavy atom. The van der Waals surface area contributed by atoms with E-state index in [0.29, 0.717) is 0 Å². The molecule has 0 aliphatic carbocycles. The number of H-pyrrole nitrogens is 1. The van der Waals surface area contributed by atoms with Gasteiger partial charge in [-0.2, -0.15) is 0 Å². The molecule has 0 fully saturated rings. The van der Waals surface area contributed by atoms with Crippen molar-refractivity contribution in [2.75, 3.05) is 6.54 Å². The fourth-order valence-electron chi connectivity index (χ4n) is 1.43. The van der Waals surface area contributed by atoms with Crippen LogP contribution in [-0.4, -0.2) is 17.4 Å². The highest BCUT2D eigenvalue weighted by molar-refractivity contribution is 5.95. The van der Waals surface area contributed by atoms with Gasteiger partial charge >= 0.3 is 0 Å². The third kappa shape index (κ3) is 2.62. The van der Waals surface area contributed by atoms with Crippen LogP contribution in [0.1, 0.15) is 41.5 Å². The Bertz CT molecular complexity index is 315. The summed E-state index contributed by atoms with van der Waals surface area (Å²) in [5, 5.41) is 2.90. The summed E-state index contributed by atoms with van der Waals surface area (Å²) in [4.78, 5) is 14.7. The lowest BCUT2D eigenvalue weighted by Crippen LogP contribution is -2.24. The monoisotopic (exact) mass is 194 g/mol. The number of rotatable bonds is 4. The minimum absolute atomic E-state index is 0.0281. The molecule has 0 aromatic carbocycles. The SMILES string of the molecule is CCCCNC(=O)c1cc(C)[nH]c1C. The van der Waals surface area contributed by atoms with Crippen LogP contribution in [0.15, 0.2) is 6.07 Å². The smallest absolute Gasteiger partial charge is 0.253 e. The molecular weight excluding hydrogens is 176 g/mol. The molecule has 1 aromatic heterocycles. The predicted octanol–water partition coefficient (Wildman–Crippen LogP) is 2.16. The maximum atomic E-state index is 11.6. The maximum Gasteiger partial charge on any atom is 0.253 e. The Balaban J connectivity index is 2.56. The van der Waals surface area contributed by atoms with Crippen LogP contribution >= 0.6 is 0 Å². The summed E-state index contributed by atoms with van der Waals surface area (Å²) in [7, 11) is 0. The van der Waals surface area contributed by atoms with Gasteiger partial charge < -0.3 is 10.3 Å². The van der Waals surface area contributed by atoms with Crippen LogP contribution in [-0.2, 0) is 0 Å². The highest BCUT2D eigenvalue weighted by atomic mass is 16.1. The van der Waals surface area contributed by atoms with Crippen molar-refractivity contribution in [3.05, 3.63) is 23.0 Å². The molecule has 0 aliphatic heterocycles. The Labute approximate surface area is 84.9 Å². The van der Waals surface area contributed by atoms with E-state index in [-0.39, 0.29) is 5.91 Å². The van der Waals surface area contributed by atoms with Gasteiger partial charge in [0.05, 0.1) is 5.56 Å². The molecular formula is C11H18N2O. The van der Waals surface area contributed by atoms with Gasteiger partial charge in [-0.3, -0.25) is 4.79 Å². The zero-order valence-electron chi connectivity index (χ0n) is 9.11. The number of amides is 1. The zero-order valence-corrected chi connectivity index (χ0v) is 9.11. The zero-order chi connectivity index (χ0) is 10.6. The molecule has 0 saturated carbocycles. The molecule has 0 bridgehead atoms. The summed E-state index contributed by atoms with van der Waals surface area (Å²) < 4.78 is 0. The molecule has 0 saturated heterocycles. The quantitative estimate of drug-likeness (QED) is 0.709. The number of carbonyl (C=O) groups excluding carboxylic acids is 1. The number of hydrogen-bond acceptors (Lipinski definition) is 1. The third-order valence-electron chi connectivity index (χ3n) is 2.21. The van der Waals surface area contributed by atoms with Gasteiger partial charge in [-0.05, 0) is 26.3 Å². The van der Waals surface area contributed by atoms with Crippen molar-refractivity contribution in [3.63, 3.8) is 0 Å². The first-order valence-electron chi connectivity index (χ1n) is 5.09. The first-order chi connectivity index (χ1) is 6.65. The molecule has 0 radical (unpaired) electrons. The van der Waals surface area contributed by atoms with Gasteiger partial charge in [0.25, 0.3) is 5.91 Å². The van der Waals surface area contributed by atoms with Crippen molar-refractivity contribution < 1.29 is 4.79 Å². The molecule has 0 unspecified atom stereocenters. The van der Waals surface area contributed by atoms with Gasteiger partial charge in [-0.1, -0.05) is 13.3 Å². The second-order valence-electron chi connectivity index (χ2n) is 3.60. The van der Waals surface area contributed by atoms with E-state index >= 15 is 0 Å². The normalized spacial score (nSPS) is 10.2. The van der Waals surface area contributed by atoms with Gasteiger partial charge in [-0.15, -0.1) is 0 Å². The lowest BCUT2D eigenvalue weighted by atomic mass is 10.2. The van der Waals surface area contributed by atoms with Gasteiger partial charge in [0, 0.05) is 17.9 Å². The van der Waals surface area contributed by atoms with Gasteiger partial charge in [0.1, 0.15) is 0 Å². The van der Waals surface area contributed by atoms with Crippen molar-refractivity contribution in [1.82, 2.24) is 10.3 Å². The molecule has 14 heavy (non-hydrogen) atoms. The van der Waals surface area contributed by atoms with Crippen LogP contribution in [0.5, 0.6) is 0 Å². The summed E-state index contributed by atoms with van der Waals surface area (Å²) in [6, 6.07) is 1.89. The molecule has 1 heterocycles. The number of carbonyl (C=O) groups is 1. The Morgan fingerprint density at radius 1 is 1.50 bits per heavy atom. The van der Waals surface area contributed by atoms with Crippen LogP contribution in [0.2, 0.25) is 0 Å². The molecule has 0 aliphatic rings. The highest BCUT2D eigenvalue weighted by Crippen LogP contribution is 2.08. The molecule has 78 valence electrons. The number of hydrogen-bond donors (Lipinski definition) is 2. The molecule has 0 atom stereocenters. The number of aromatic amines is 1. The predicted molar refractivity (Wildman–Crippen MR) is 57.5 cm³/mol. The summed E-state index contributed by atoms with van der Waals surface area (Å²) in [6.07, 6.45) is 2.14. The van der Waals surface area contributed by atoms with Crippen LogP contribution in [0, 0.1) is 13.8 Å². The first-order valence-corrected chi connectivity index (χ1v) is 5.09. The first kappa shape index (κ1) is 10.8. The van der Waals surface area contributed by atoms with E-state index < -0.39 is 0 Å². The number of unbranched alkanes of at least 4 members (excludes halogenated alkanes) is 1. The minimum atomic E-state index is 0.0281. The summed E-state index contributed by atoms with van der Waals surface area (Å²) >= 11 is 0. The number of aromatic nitrogens is 1. The van der Waals surface area contributed by atoms with E-state index in [1.54, 1.807) is 0 Å². The Hall–Kier alpha value is -1.25. The third-order valence-corrected chi connectivity index (χ3v) is 2.21. The van der Waals surface area contributed by atoms with Crippen molar-refractivity contribution >= 4 is 5.91 Å². The number of aryl methyl sites for hydroxylation is 2. The topological polar surface area (TPSA) is 44.9 Å². The van der Waals surface area contributed by atoms with Crippen LogP contribution in [0.3, 0.4) is 0 Å². The second kappa shape index (κ2) is 4.84. The molecule has 3 heteroatoms. The van der Waals surface area contributed by atoms with Crippen LogP contribution in [0.4, 0.5) is 0 Å². The average molecular weight is 194 g/mol. The number of nitrogens with one attached hydrogen (secondary N) is 2. The second-order valence-corrected chi connectivity index (χ2v) is 3.60. The Kier molecular flexibility index (Phi) is 3.74. The van der Waals surface area contributed by atoms with E-state index in [1.165, 1.54) is 0 Å². The fraction of sp³-hybridized carbons (Fsp3) is 0.545. The van der Waals surface area contributed by atoms with E-state index in [4.69, 9.17) is 0 Å². The van der Waals surface area contributed by atoms with E-state index in [9.17, 15) is 4.79 Å². The molecule has 0 spiro atoms. The Morgan fingerprint density at radius 3 is 2.71 bits per heavy atom.